The standard InChI is InChI=1S/C15H16N2O4/c1-9-8-14(10(2)7-13(9)17(19)20)21-15-12(11(3)18)5-4-6-16-15/h4-8,11,18H,1-3H3. The maximum absolute atomic E-state index is 10.9. The first-order valence-corrected chi connectivity index (χ1v) is 6.46. The van der Waals surface area contributed by atoms with Crippen molar-refractivity contribution in [3.05, 3.63) is 57.3 Å². The number of nitro benzene ring substituents is 1. The van der Waals surface area contributed by atoms with Gasteiger partial charge < -0.3 is 9.84 Å². The van der Waals surface area contributed by atoms with E-state index in [0.29, 0.717) is 28.3 Å². The number of nitro groups is 1. The van der Waals surface area contributed by atoms with Crippen LogP contribution in [0.1, 0.15) is 29.7 Å². The van der Waals surface area contributed by atoms with Crippen molar-refractivity contribution in [3.63, 3.8) is 0 Å². The lowest BCUT2D eigenvalue weighted by atomic mass is 10.1. The van der Waals surface area contributed by atoms with Crippen LogP contribution in [0.15, 0.2) is 30.5 Å². The fourth-order valence-corrected chi connectivity index (χ4v) is 1.99. The van der Waals surface area contributed by atoms with Gasteiger partial charge in [0.1, 0.15) is 5.75 Å². The molecule has 0 aliphatic carbocycles. The van der Waals surface area contributed by atoms with E-state index in [-0.39, 0.29) is 5.69 Å². The van der Waals surface area contributed by atoms with E-state index < -0.39 is 11.0 Å². The van der Waals surface area contributed by atoms with E-state index in [9.17, 15) is 15.2 Å². The highest BCUT2D eigenvalue weighted by molar-refractivity contribution is 5.50. The SMILES string of the molecule is Cc1cc([N+](=O)[O-])c(C)cc1Oc1ncccc1C(C)O. The highest BCUT2D eigenvalue weighted by Gasteiger charge is 2.16. The molecule has 1 aromatic carbocycles. The topological polar surface area (TPSA) is 85.5 Å². The highest BCUT2D eigenvalue weighted by atomic mass is 16.6. The van der Waals surface area contributed by atoms with Crippen molar-refractivity contribution in [2.75, 3.05) is 0 Å². The second-order valence-electron chi connectivity index (χ2n) is 4.84. The van der Waals surface area contributed by atoms with Crippen LogP contribution in [-0.2, 0) is 0 Å². The first-order valence-electron chi connectivity index (χ1n) is 6.46. The van der Waals surface area contributed by atoms with Crippen molar-refractivity contribution < 1.29 is 14.8 Å². The summed E-state index contributed by atoms with van der Waals surface area (Å²) in [5.41, 5.74) is 1.76. The van der Waals surface area contributed by atoms with Gasteiger partial charge in [0.05, 0.1) is 11.0 Å². The van der Waals surface area contributed by atoms with Crippen molar-refractivity contribution in [2.24, 2.45) is 0 Å². The van der Waals surface area contributed by atoms with Crippen molar-refractivity contribution >= 4 is 5.69 Å². The molecule has 21 heavy (non-hydrogen) atoms. The zero-order valence-corrected chi connectivity index (χ0v) is 12.0. The molecular formula is C15H16N2O4. The zero-order valence-electron chi connectivity index (χ0n) is 12.0. The molecule has 0 fully saturated rings. The number of ether oxygens (including phenoxy) is 1. The average Bonchev–Trinajstić information content (AvgIpc) is 2.42. The average molecular weight is 288 g/mol. The molecule has 6 heteroatoms. The minimum Gasteiger partial charge on any atom is -0.438 e. The number of nitrogens with zero attached hydrogens (tertiary/aromatic N) is 2. The Bertz CT molecular complexity index is 683. The van der Waals surface area contributed by atoms with Gasteiger partial charge in [0.15, 0.2) is 0 Å². The summed E-state index contributed by atoms with van der Waals surface area (Å²) in [5.74, 6) is 0.780. The van der Waals surface area contributed by atoms with Crippen LogP contribution in [0.3, 0.4) is 0 Å². The van der Waals surface area contributed by atoms with Crippen LogP contribution in [0.5, 0.6) is 11.6 Å². The molecule has 1 atom stereocenters. The monoisotopic (exact) mass is 288 g/mol. The molecule has 2 aromatic rings. The number of aliphatic hydroxyl groups excluding tert-OH is 1. The van der Waals surface area contributed by atoms with E-state index in [4.69, 9.17) is 4.74 Å². The Hall–Kier alpha value is -2.47. The number of benzene rings is 1. The van der Waals surface area contributed by atoms with E-state index in [1.165, 1.54) is 6.07 Å². The lowest BCUT2D eigenvalue weighted by Gasteiger charge is -2.13. The van der Waals surface area contributed by atoms with E-state index >= 15 is 0 Å². The molecule has 0 aliphatic rings. The minimum atomic E-state index is -0.715. The summed E-state index contributed by atoms with van der Waals surface area (Å²) >= 11 is 0. The Kier molecular flexibility index (Phi) is 4.18. The summed E-state index contributed by atoms with van der Waals surface area (Å²) in [6, 6.07) is 6.51. The molecule has 6 nitrogen and oxygen atoms in total. The van der Waals surface area contributed by atoms with Gasteiger partial charge in [0, 0.05) is 23.4 Å². The maximum Gasteiger partial charge on any atom is 0.272 e. The van der Waals surface area contributed by atoms with Gasteiger partial charge in [-0.2, -0.15) is 0 Å². The van der Waals surface area contributed by atoms with Crippen LogP contribution in [0.2, 0.25) is 0 Å². The summed E-state index contributed by atoms with van der Waals surface area (Å²) in [6.45, 7) is 5.00. The lowest BCUT2D eigenvalue weighted by molar-refractivity contribution is -0.385. The fraction of sp³-hybridized carbons (Fsp3) is 0.267. The molecule has 0 radical (unpaired) electrons. The number of hydrogen-bond acceptors (Lipinski definition) is 5. The lowest BCUT2D eigenvalue weighted by Crippen LogP contribution is -2.00. The predicted octanol–water partition coefficient (Wildman–Crippen LogP) is 3.45. The molecule has 0 spiro atoms. The van der Waals surface area contributed by atoms with Gasteiger partial charge >= 0.3 is 0 Å². The summed E-state index contributed by atoms with van der Waals surface area (Å²) in [4.78, 5) is 14.6. The summed E-state index contributed by atoms with van der Waals surface area (Å²) in [6.07, 6.45) is 0.850. The molecule has 1 unspecified atom stereocenters. The Morgan fingerprint density at radius 1 is 1.33 bits per heavy atom. The zero-order chi connectivity index (χ0) is 15.6. The molecule has 0 saturated carbocycles. The first kappa shape index (κ1) is 14.9. The largest absolute Gasteiger partial charge is 0.438 e. The van der Waals surface area contributed by atoms with Crippen molar-refractivity contribution in [3.8, 4) is 11.6 Å². The normalized spacial score (nSPS) is 12.0. The molecule has 2 rings (SSSR count). The third-order valence-corrected chi connectivity index (χ3v) is 3.15. The van der Waals surface area contributed by atoms with Gasteiger partial charge in [-0.3, -0.25) is 10.1 Å². The van der Waals surface area contributed by atoms with E-state index in [2.05, 4.69) is 4.98 Å². The van der Waals surface area contributed by atoms with Crippen LogP contribution < -0.4 is 4.74 Å². The van der Waals surface area contributed by atoms with Crippen molar-refractivity contribution in [2.45, 2.75) is 26.9 Å². The number of pyridine rings is 1. The van der Waals surface area contributed by atoms with E-state index in [1.807, 2.05) is 0 Å². The second kappa shape index (κ2) is 5.88. The summed E-state index contributed by atoms with van der Waals surface area (Å²) in [7, 11) is 0. The molecular weight excluding hydrogens is 272 g/mol. The number of aliphatic hydroxyl groups is 1. The molecule has 1 heterocycles. The number of hydrogen-bond donors (Lipinski definition) is 1. The van der Waals surface area contributed by atoms with Gasteiger partial charge in [0.2, 0.25) is 5.88 Å². The van der Waals surface area contributed by atoms with Gasteiger partial charge in [0.25, 0.3) is 5.69 Å². The molecule has 0 bridgehead atoms. The van der Waals surface area contributed by atoms with Gasteiger partial charge in [-0.05, 0) is 44.5 Å². The third kappa shape index (κ3) is 3.17. The van der Waals surface area contributed by atoms with E-state index in [0.717, 1.165) is 0 Å². The van der Waals surface area contributed by atoms with Crippen LogP contribution in [-0.4, -0.2) is 15.0 Å². The molecule has 110 valence electrons. The molecule has 1 N–H and O–H groups in total. The van der Waals surface area contributed by atoms with Crippen molar-refractivity contribution in [1.82, 2.24) is 4.98 Å². The highest BCUT2D eigenvalue weighted by Crippen LogP contribution is 2.33. The number of aromatic nitrogens is 1. The predicted molar refractivity (Wildman–Crippen MR) is 77.5 cm³/mol. The van der Waals surface area contributed by atoms with Crippen LogP contribution in [0.4, 0.5) is 5.69 Å². The number of aryl methyl sites for hydroxylation is 2. The maximum atomic E-state index is 10.9. The molecule has 0 amide bonds. The third-order valence-electron chi connectivity index (χ3n) is 3.15. The molecule has 1 aromatic heterocycles. The Balaban J connectivity index is 2.41. The van der Waals surface area contributed by atoms with Crippen LogP contribution in [0.25, 0.3) is 0 Å². The Morgan fingerprint density at radius 3 is 2.67 bits per heavy atom. The molecule has 0 saturated heterocycles. The van der Waals surface area contributed by atoms with Crippen molar-refractivity contribution in [1.29, 1.82) is 0 Å². The minimum absolute atomic E-state index is 0.0524. The van der Waals surface area contributed by atoms with Crippen LogP contribution in [0, 0.1) is 24.0 Å². The smallest absolute Gasteiger partial charge is 0.272 e. The summed E-state index contributed by atoms with van der Waals surface area (Å²) in [5, 5.41) is 20.6. The Morgan fingerprint density at radius 2 is 2.05 bits per heavy atom. The quantitative estimate of drug-likeness (QED) is 0.688. The number of rotatable bonds is 4. The van der Waals surface area contributed by atoms with Gasteiger partial charge in [-0.1, -0.05) is 0 Å². The fourth-order valence-electron chi connectivity index (χ4n) is 1.99. The first-order chi connectivity index (χ1) is 9.90. The van der Waals surface area contributed by atoms with Gasteiger partial charge in [-0.25, -0.2) is 4.98 Å². The molecule has 0 aliphatic heterocycles. The Labute approximate surface area is 122 Å². The second-order valence-corrected chi connectivity index (χ2v) is 4.84. The van der Waals surface area contributed by atoms with Crippen LogP contribution >= 0.6 is 0 Å². The summed E-state index contributed by atoms with van der Waals surface area (Å²) < 4.78 is 5.72. The van der Waals surface area contributed by atoms with E-state index in [1.54, 1.807) is 45.2 Å². The van der Waals surface area contributed by atoms with Gasteiger partial charge in [-0.15, -0.1) is 0 Å².